The molecule has 0 aliphatic rings. The molecule has 0 aromatic carbocycles. The van der Waals surface area contributed by atoms with Gasteiger partial charge < -0.3 is 10.2 Å². The highest BCUT2D eigenvalue weighted by atomic mass is 32.1. The quantitative estimate of drug-likeness (QED) is 0.725. The molecular formula is C11H21N3S. The van der Waals surface area contributed by atoms with Gasteiger partial charge in [0, 0.05) is 25.0 Å². The highest BCUT2D eigenvalue weighted by Crippen LogP contribution is 2.19. The summed E-state index contributed by atoms with van der Waals surface area (Å²) in [4.78, 5) is 6.89. The second kappa shape index (κ2) is 6.80. The van der Waals surface area contributed by atoms with E-state index in [0.717, 1.165) is 37.0 Å². The van der Waals surface area contributed by atoms with Gasteiger partial charge in [-0.2, -0.15) is 0 Å². The van der Waals surface area contributed by atoms with Gasteiger partial charge in [0.1, 0.15) is 0 Å². The average molecular weight is 227 g/mol. The van der Waals surface area contributed by atoms with Crippen molar-refractivity contribution in [1.82, 2.24) is 10.3 Å². The Labute approximate surface area is 96.5 Å². The largest absolute Gasteiger partial charge is 0.349 e. The normalized spacial score (nSPS) is 10.6. The van der Waals surface area contributed by atoms with E-state index in [-0.39, 0.29) is 0 Å². The predicted octanol–water partition coefficient (Wildman–Crippen LogP) is 2.49. The maximum atomic E-state index is 4.61. The first-order valence-corrected chi connectivity index (χ1v) is 6.59. The van der Waals surface area contributed by atoms with Crippen molar-refractivity contribution >= 4 is 16.5 Å². The number of nitrogens with zero attached hydrogens (tertiary/aromatic N) is 2. The Hall–Kier alpha value is -0.610. The molecule has 15 heavy (non-hydrogen) atoms. The molecule has 0 spiro atoms. The fraction of sp³-hybridized carbons (Fsp3) is 0.727. The summed E-state index contributed by atoms with van der Waals surface area (Å²) in [5.41, 5.74) is 1.16. The molecule has 0 radical (unpaired) electrons. The topological polar surface area (TPSA) is 28.2 Å². The van der Waals surface area contributed by atoms with Crippen molar-refractivity contribution in [3.8, 4) is 0 Å². The van der Waals surface area contributed by atoms with E-state index >= 15 is 0 Å². The van der Waals surface area contributed by atoms with Crippen LogP contribution in [0.3, 0.4) is 0 Å². The van der Waals surface area contributed by atoms with Crippen LogP contribution >= 0.6 is 11.3 Å². The zero-order valence-corrected chi connectivity index (χ0v) is 10.7. The van der Waals surface area contributed by atoms with Gasteiger partial charge in [-0.25, -0.2) is 4.98 Å². The summed E-state index contributed by atoms with van der Waals surface area (Å²) < 4.78 is 0. The lowest BCUT2D eigenvalue weighted by atomic mass is 10.4. The van der Waals surface area contributed by atoms with Gasteiger partial charge in [0.25, 0.3) is 0 Å². The average Bonchev–Trinajstić information content (AvgIpc) is 2.69. The van der Waals surface area contributed by atoms with E-state index < -0.39 is 0 Å². The summed E-state index contributed by atoms with van der Waals surface area (Å²) in [5.74, 6) is 0. The molecule has 1 N–H and O–H groups in total. The van der Waals surface area contributed by atoms with E-state index in [9.17, 15) is 0 Å². The highest BCUT2D eigenvalue weighted by molar-refractivity contribution is 7.13. The second-order valence-electron chi connectivity index (χ2n) is 3.47. The van der Waals surface area contributed by atoms with E-state index in [1.807, 2.05) is 0 Å². The van der Waals surface area contributed by atoms with E-state index in [0.29, 0.717) is 0 Å². The molecule has 4 heteroatoms. The number of hydrogen-bond acceptors (Lipinski definition) is 4. The molecule has 0 atom stereocenters. The summed E-state index contributed by atoms with van der Waals surface area (Å²) in [6, 6.07) is 0. The van der Waals surface area contributed by atoms with Crippen LogP contribution in [-0.2, 0) is 6.54 Å². The molecule has 1 heterocycles. The van der Waals surface area contributed by atoms with Crippen molar-refractivity contribution in [1.29, 1.82) is 0 Å². The molecule has 0 bridgehead atoms. The molecule has 0 aliphatic heterocycles. The van der Waals surface area contributed by atoms with Gasteiger partial charge in [0.05, 0.1) is 5.69 Å². The molecule has 86 valence electrons. The highest BCUT2D eigenvalue weighted by Gasteiger charge is 2.06. The first-order chi connectivity index (χ1) is 7.31. The van der Waals surface area contributed by atoms with Crippen molar-refractivity contribution in [3.05, 3.63) is 11.1 Å². The number of nitrogens with one attached hydrogen (secondary N) is 1. The summed E-state index contributed by atoms with van der Waals surface area (Å²) >= 11 is 1.74. The van der Waals surface area contributed by atoms with Gasteiger partial charge in [0.15, 0.2) is 5.13 Å². The third-order valence-electron chi connectivity index (χ3n) is 2.31. The molecule has 1 aromatic rings. The van der Waals surface area contributed by atoms with Crippen LogP contribution in [0.4, 0.5) is 5.13 Å². The minimum absolute atomic E-state index is 0.894. The van der Waals surface area contributed by atoms with E-state index in [1.54, 1.807) is 11.3 Å². The first kappa shape index (κ1) is 12.5. The Morgan fingerprint density at radius 1 is 1.33 bits per heavy atom. The van der Waals surface area contributed by atoms with Crippen LogP contribution in [0.25, 0.3) is 0 Å². The van der Waals surface area contributed by atoms with Crippen molar-refractivity contribution in [2.24, 2.45) is 0 Å². The molecule has 0 unspecified atom stereocenters. The smallest absolute Gasteiger partial charge is 0.185 e. The molecular weight excluding hydrogens is 206 g/mol. The lowest BCUT2D eigenvalue weighted by Gasteiger charge is -2.16. The number of anilines is 1. The van der Waals surface area contributed by atoms with Crippen LogP contribution in [0.2, 0.25) is 0 Å². The van der Waals surface area contributed by atoms with Crippen molar-refractivity contribution in [3.63, 3.8) is 0 Å². The van der Waals surface area contributed by atoms with Gasteiger partial charge in [0.2, 0.25) is 0 Å². The fourth-order valence-electron chi connectivity index (χ4n) is 1.41. The van der Waals surface area contributed by atoms with Crippen molar-refractivity contribution in [2.75, 3.05) is 24.5 Å². The standard InChI is InChI=1S/C11H21N3S/c1-4-7-12-8-10-9-15-11(13-10)14(5-2)6-3/h9,12H,4-8H2,1-3H3. The predicted molar refractivity (Wildman–Crippen MR) is 67.7 cm³/mol. The Bertz CT molecular complexity index is 269. The summed E-state index contributed by atoms with van der Waals surface area (Å²) in [5, 5.41) is 6.66. The van der Waals surface area contributed by atoms with E-state index in [1.165, 1.54) is 6.42 Å². The van der Waals surface area contributed by atoms with Crippen molar-refractivity contribution in [2.45, 2.75) is 33.7 Å². The molecule has 3 nitrogen and oxygen atoms in total. The van der Waals surface area contributed by atoms with Crippen LogP contribution in [0.15, 0.2) is 5.38 Å². The minimum Gasteiger partial charge on any atom is -0.349 e. The second-order valence-corrected chi connectivity index (χ2v) is 4.31. The molecule has 0 aliphatic carbocycles. The fourth-order valence-corrected chi connectivity index (χ4v) is 2.36. The number of hydrogen-bond donors (Lipinski definition) is 1. The number of rotatable bonds is 7. The third-order valence-corrected chi connectivity index (χ3v) is 3.26. The number of thiazole rings is 1. The van der Waals surface area contributed by atoms with Crippen LogP contribution < -0.4 is 10.2 Å². The lowest BCUT2D eigenvalue weighted by Crippen LogP contribution is -2.21. The van der Waals surface area contributed by atoms with Crippen LogP contribution in [0.1, 0.15) is 32.9 Å². The molecule has 0 amide bonds. The molecule has 0 saturated carbocycles. The molecule has 0 fully saturated rings. The summed E-state index contributed by atoms with van der Waals surface area (Å²) in [6.45, 7) is 10.5. The monoisotopic (exact) mass is 227 g/mol. The zero-order chi connectivity index (χ0) is 11.1. The van der Waals surface area contributed by atoms with Crippen LogP contribution in [-0.4, -0.2) is 24.6 Å². The molecule has 1 aromatic heterocycles. The Balaban J connectivity index is 2.47. The Morgan fingerprint density at radius 2 is 2.07 bits per heavy atom. The Kier molecular flexibility index (Phi) is 5.65. The lowest BCUT2D eigenvalue weighted by molar-refractivity contribution is 0.666. The summed E-state index contributed by atoms with van der Waals surface area (Å²) in [7, 11) is 0. The maximum absolute atomic E-state index is 4.61. The van der Waals surface area contributed by atoms with Gasteiger partial charge >= 0.3 is 0 Å². The van der Waals surface area contributed by atoms with Gasteiger partial charge in [-0.15, -0.1) is 11.3 Å². The van der Waals surface area contributed by atoms with E-state index in [4.69, 9.17) is 0 Å². The van der Waals surface area contributed by atoms with Gasteiger partial charge in [-0.05, 0) is 26.8 Å². The van der Waals surface area contributed by atoms with Gasteiger partial charge in [-0.1, -0.05) is 6.92 Å². The molecule has 0 saturated heterocycles. The summed E-state index contributed by atoms with van der Waals surface area (Å²) in [6.07, 6.45) is 1.17. The third kappa shape index (κ3) is 3.80. The minimum atomic E-state index is 0.894. The Morgan fingerprint density at radius 3 is 2.67 bits per heavy atom. The molecule has 1 rings (SSSR count). The van der Waals surface area contributed by atoms with Gasteiger partial charge in [-0.3, -0.25) is 0 Å². The SMILES string of the molecule is CCCNCc1csc(N(CC)CC)n1. The maximum Gasteiger partial charge on any atom is 0.185 e. The van der Waals surface area contributed by atoms with Crippen molar-refractivity contribution < 1.29 is 0 Å². The first-order valence-electron chi connectivity index (χ1n) is 5.71. The number of aromatic nitrogens is 1. The van der Waals surface area contributed by atoms with E-state index in [2.05, 4.69) is 41.4 Å². The van der Waals surface area contributed by atoms with Crippen LogP contribution in [0, 0.1) is 0 Å². The van der Waals surface area contributed by atoms with Crippen LogP contribution in [0.5, 0.6) is 0 Å². The zero-order valence-electron chi connectivity index (χ0n) is 9.92.